The van der Waals surface area contributed by atoms with Crippen LogP contribution in [0.3, 0.4) is 0 Å². The van der Waals surface area contributed by atoms with E-state index in [0.29, 0.717) is 17.7 Å². The van der Waals surface area contributed by atoms with Crippen molar-refractivity contribution in [1.29, 1.82) is 5.41 Å². The van der Waals surface area contributed by atoms with E-state index < -0.39 is 12.8 Å². The largest absolute Gasteiger partial charge is 0.493 e. The molecule has 0 heterocycles. The quantitative estimate of drug-likeness (QED) is 0.462. The molecule has 7 heteroatoms. The minimum Gasteiger partial charge on any atom is -0.493 e. The molecule has 0 aliphatic heterocycles. The predicted molar refractivity (Wildman–Crippen MR) is 73.9 cm³/mol. The van der Waals surface area contributed by atoms with Crippen molar-refractivity contribution in [2.45, 2.75) is 26.4 Å². The average molecular weight is 304 g/mol. The number of nitrogens with one attached hydrogen (secondary N) is 1. The van der Waals surface area contributed by atoms with Gasteiger partial charge in [0.2, 0.25) is 0 Å². The fourth-order valence-corrected chi connectivity index (χ4v) is 1.86. The van der Waals surface area contributed by atoms with Crippen molar-refractivity contribution in [2.24, 2.45) is 5.73 Å². The van der Waals surface area contributed by atoms with Crippen molar-refractivity contribution in [3.05, 3.63) is 28.8 Å². The number of hydrogen-bond acceptors (Lipinski definition) is 3. The number of amidine groups is 1. The maximum Gasteiger partial charge on any atom is 0.411 e. The number of benzene rings is 1. The number of nitrogens with two attached hydrogens (primary N) is 1. The molecule has 1 aromatic rings. The van der Waals surface area contributed by atoms with Gasteiger partial charge in [0, 0.05) is 12.0 Å². The van der Waals surface area contributed by atoms with E-state index in [0.717, 1.165) is 11.1 Å². The van der Waals surface area contributed by atoms with Crippen LogP contribution in [-0.2, 0) is 4.74 Å². The van der Waals surface area contributed by atoms with Crippen LogP contribution in [0.5, 0.6) is 5.75 Å². The molecule has 21 heavy (non-hydrogen) atoms. The van der Waals surface area contributed by atoms with Crippen LogP contribution in [0.2, 0.25) is 0 Å². The van der Waals surface area contributed by atoms with Crippen LogP contribution in [0.4, 0.5) is 13.2 Å². The van der Waals surface area contributed by atoms with Gasteiger partial charge in [-0.3, -0.25) is 5.41 Å². The van der Waals surface area contributed by atoms with Crippen LogP contribution in [0.15, 0.2) is 12.1 Å². The zero-order valence-electron chi connectivity index (χ0n) is 12.0. The summed E-state index contributed by atoms with van der Waals surface area (Å²) in [6.45, 7) is 2.67. The minimum absolute atomic E-state index is 0.0108. The molecule has 0 aromatic heterocycles. The maximum absolute atomic E-state index is 11.9. The van der Waals surface area contributed by atoms with E-state index >= 15 is 0 Å². The van der Waals surface area contributed by atoms with Gasteiger partial charge in [0.05, 0.1) is 13.2 Å². The topological polar surface area (TPSA) is 68.3 Å². The number of alkyl halides is 3. The highest BCUT2D eigenvalue weighted by Crippen LogP contribution is 2.24. The first-order valence-corrected chi connectivity index (χ1v) is 6.43. The molecule has 0 atom stereocenters. The lowest BCUT2D eigenvalue weighted by Crippen LogP contribution is -2.18. The number of ether oxygens (including phenoxy) is 2. The Morgan fingerprint density at radius 3 is 2.24 bits per heavy atom. The second kappa shape index (κ2) is 7.31. The maximum atomic E-state index is 11.9. The molecule has 1 aromatic carbocycles. The smallest absolute Gasteiger partial charge is 0.411 e. The Balaban J connectivity index is 2.44. The van der Waals surface area contributed by atoms with E-state index in [1.54, 1.807) is 12.1 Å². The third-order valence-electron chi connectivity index (χ3n) is 2.72. The molecule has 0 saturated heterocycles. The van der Waals surface area contributed by atoms with Gasteiger partial charge >= 0.3 is 6.18 Å². The Morgan fingerprint density at radius 1 is 1.19 bits per heavy atom. The van der Waals surface area contributed by atoms with Crippen molar-refractivity contribution in [2.75, 3.05) is 19.8 Å². The Bertz CT molecular complexity index is 478. The first-order chi connectivity index (χ1) is 9.70. The number of halogens is 3. The van der Waals surface area contributed by atoms with Crippen molar-refractivity contribution in [3.63, 3.8) is 0 Å². The van der Waals surface area contributed by atoms with Crippen LogP contribution in [0, 0.1) is 19.3 Å². The summed E-state index contributed by atoms with van der Waals surface area (Å²) in [5.74, 6) is 0.643. The SMILES string of the molecule is Cc1cc(C(=N)N)cc(C)c1OCCCOCC(F)(F)F. The first kappa shape index (κ1) is 17.3. The van der Waals surface area contributed by atoms with E-state index in [9.17, 15) is 13.2 Å². The molecule has 0 fully saturated rings. The normalized spacial score (nSPS) is 11.5. The monoisotopic (exact) mass is 304 g/mol. The lowest BCUT2D eigenvalue weighted by molar-refractivity contribution is -0.174. The molecule has 0 spiro atoms. The Hall–Kier alpha value is -1.76. The standard InChI is InChI=1S/C14H19F3N2O2/c1-9-6-11(13(18)19)7-10(2)12(9)21-5-3-4-20-8-14(15,16)17/h6-7H,3-5,8H2,1-2H3,(H3,18,19). The van der Waals surface area contributed by atoms with Gasteiger partial charge in [-0.25, -0.2) is 0 Å². The molecule has 0 saturated carbocycles. The van der Waals surface area contributed by atoms with Gasteiger partial charge in [-0.05, 0) is 37.1 Å². The van der Waals surface area contributed by atoms with Crippen LogP contribution in [0.25, 0.3) is 0 Å². The van der Waals surface area contributed by atoms with Crippen LogP contribution in [0.1, 0.15) is 23.1 Å². The summed E-state index contributed by atoms with van der Waals surface area (Å²) in [6.07, 6.45) is -3.93. The van der Waals surface area contributed by atoms with Gasteiger partial charge in [-0.15, -0.1) is 0 Å². The lowest BCUT2D eigenvalue weighted by atomic mass is 10.1. The summed E-state index contributed by atoms with van der Waals surface area (Å²) in [4.78, 5) is 0. The summed E-state index contributed by atoms with van der Waals surface area (Å²) < 4.78 is 45.6. The van der Waals surface area contributed by atoms with Crippen LogP contribution < -0.4 is 10.5 Å². The molecule has 0 unspecified atom stereocenters. The summed E-state index contributed by atoms with van der Waals surface area (Å²) in [6, 6.07) is 3.48. The molecule has 0 radical (unpaired) electrons. The van der Waals surface area contributed by atoms with E-state index in [4.69, 9.17) is 15.9 Å². The average Bonchev–Trinajstić information content (AvgIpc) is 2.34. The van der Waals surface area contributed by atoms with Crippen molar-refractivity contribution in [3.8, 4) is 5.75 Å². The van der Waals surface area contributed by atoms with Gasteiger partial charge in [-0.1, -0.05) is 0 Å². The third-order valence-corrected chi connectivity index (χ3v) is 2.72. The van der Waals surface area contributed by atoms with Crippen LogP contribution >= 0.6 is 0 Å². The molecule has 0 bridgehead atoms. The highest BCUT2D eigenvalue weighted by atomic mass is 19.4. The molecular formula is C14H19F3N2O2. The fourth-order valence-electron chi connectivity index (χ4n) is 1.86. The van der Waals surface area contributed by atoms with Gasteiger partial charge in [0.25, 0.3) is 0 Å². The first-order valence-electron chi connectivity index (χ1n) is 6.43. The second-order valence-electron chi connectivity index (χ2n) is 4.72. The summed E-state index contributed by atoms with van der Waals surface area (Å²) in [7, 11) is 0. The number of nitrogen functional groups attached to an aromatic ring is 1. The fraction of sp³-hybridized carbons (Fsp3) is 0.500. The van der Waals surface area contributed by atoms with Crippen molar-refractivity contribution < 1.29 is 22.6 Å². The molecule has 0 aliphatic carbocycles. The van der Waals surface area contributed by atoms with Gasteiger partial charge in [-0.2, -0.15) is 13.2 Å². The van der Waals surface area contributed by atoms with E-state index in [-0.39, 0.29) is 19.0 Å². The van der Waals surface area contributed by atoms with Crippen molar-refractivity contribution >= 4 is 5.84 Å². The van der Waals surface area contributed by atoms with Gasteiger partial charge in [0.1, 0.15) is 18.2 Å². The van der Waals surface area contributed by atoms with Crippen LogP contribution in [-0.4, -0.2) is 31.8 Å². The number of aryl methyl sites for hydroxylation is 2. The van der Waals surface area contributed by atoms with E-state index in [2.05, 4.69) is 4.74 Å². The van der Waals surface area contributed by atoms with Gasteiger partial charge in [0.15, 0.2) is 0 Å². The van der Waals surface area contributed by atoms with E-state index in [1.807, 2.05) is 13.8 Å². The Kier molecular flexibility index (Phi) is 6.02. The molecule has 4 nitrogen and oxygen atoms in total. The Morgan fingerprint density at radius 2 is 1.76 bits per heavy atom. The molecule has 1 rings (SSSR count). The zero-order chi connectivity index (χ0) is 16.0. The highest BCUT2D eigenvalue weighted by molar-refractivity contribution is 5.95. The molecule has 118 valence electrons. The predicted octanol–water partition coefficient (Wildman–Crippen LogP) is 2.94. The molecule has 0 aliphatic rings. The van der Waals surface area contributed by atoms with E-state index in [1.165, 1.54) is 0 Å². The minimum atomic E-state index is -4.30. The summed E-state index contributed by atoms with van der Waals surface area (Å²) in [5, 5.41) is 7.39. The van der Waals surface area contributed by atoms with Crippen molar-refractivity contribution in [1.82, 2.24) is 0 Å². The summed E-state index contributed by atoms with van der Waals surface area (Å²) >= 11 is 0. The lowest BCUT2D eigenvalue weighted by Gasteiger charge is -2.14. The zero-order valence-corrected chi connectivity index (χ0v) is 12.0. The number of hydrogen-bond donors (Lipinski definition) is 2. The third kappa shape index (κ3) is 6.03. The number of rotatable bonds is 7. The Labute approximate surface area is 121 Å². The molecule has 0 amide bonds. The molecular weight excluding hydrogens is 285 g/mol. The second-order valence-corrected chi connectivity index (χ2v) is 4.72. The summed E-state index contributed by atoms with van der Waals surface area (Å²) in [5.41, 5.74) is 7.70. The highest BCUT2D eigenvalue weighted by Gasteiger charge is 2.27. The van der Waals surface area contributed by atoms with Gasteiger partial charge < -0.3 is 15.2 Å². The molecule has 3 N–H and O–H groups in total.